The Hall–Kier alpha value is -3.02. The van der Waals surface area contributed by atoms with Crippen molar-refractivity contribution in [3.05, 3.63) is 47.6 Å². The lowest BCUT2D eigenvalue weighted by atomic mass is 10.0. The third-order valence-corrected chi connectivity index (χ3v) is 5.80. The molecule has 2 aliphatic heterocycles. The van der Waals surface area contributed by atoms with Crippen LogP contribution in [0.2, 0.25) is 0 Å². The van der Waals surface area contributed by atoms with Crippen LogP contribution in [0.4, 0.5) is 5.82 Å². The monoisotopic (exact) mass is 422 g/mol. The lowest BCUT2D eigenvalue weighted by molar-refractivity contribution is 0.0863. The molecule has 8 heteroatoms. The van der Waals surface area contributed by atoms with Gasteiger partial charge in [0.25, 0.3) is 0 Å². The zero-order chi connectivity index (χ0) is 22.4. The number of hydrogen-bond donors (Lipinski definition) is 3. The molecule has 2 aliphatic rings. The topological polar surface area (TPSA) is 113 Å². The van der Waals surface area contributed by atoms with Crippen LogP contribution < -0.4 is 17.2 Å². The van der Waals surface area contributed by atoms with Crippen molar-refractivity contribution >= 4 is 11.7 Å². The van der Waals surface area contributed by atoms with Gasteiger partial charge in [0, 0.05) is 49.7 Å². The average Bonchev–Trinajstić information content (AvgIpc) is 2.74. The Balaban J connectivity index is 1.76. The van der Waals surface area contributed by atoms with Gasteiger partial charge in [-0.15, -0.1) is 0 Å². The van der Waals surface area contributed by atoms with E-state index < -0.39 is 0 Å². The second-order valence-corrected chi connectivity index (χ2v) is 8.26. The van der Waals surface area contributed by atoms with E-state index in [1.54, 1.807) is 12.3 Å². The molecule has 1 aromatic rings. The molecule has 0 aliphatic carbocycles. The van der Waals surface area contributed by atoms with Crippen molar-refractivity contribution in [2.75, 3.05) is 52.0 Å². The largest absolute Gasteiger partial charge is 0.401 e. The van der Waals surface area contributed by atoms with Gasteiger partial charge in [-0.3, -0.25) is 4.90 Å². The molecule has 0 aromatic carbocycles. The van der Waals surface area contributed by atoms with Gasteiger partial charge < -0.3 is 27.0 Å². The summed E-state index contributed by atoms with van der Waals surface area (Å²) in [5.74, 6) is 7.67. The lowest BCUT2D eigenvalue weighted by Crippen LogP contribution is -2.54. The van der Waals surface area contributed by atoms with Crippen molar-refractivity contribution in [1.29, 1.82) is 0 Å². The van der Waals surface area contributed by atoms with Gasteiger partial charge in [-0.25, -0.2) is 9.98 Å². The fraction of sp³-hybridized carbons (Fsp3) is 0.478. The maximum Gasteiger partial charge on any atom is 0.148 e. The van der Waals surface area contributed by atoms with Gasteiger partial charge in [-0.1, -0.05) is 18.4 Å². The quantitative estimate of drug-likeness (QED) is 0.375. The minimum atomic E-state index is 0.238. The SMILES string of the molecule is C=C(N)/N=C(\C(C#Cc1ccc(N)nc1)=C(\C)N)N1CCN(C2CCN(C)CC2)CC1. The van der Waals surface area contributed by atoms with E-state index in [4.69, 9.17) is 17.2 Å². The Morgan fingerprint density at radius 3 is 2.35 bits per heavy atom. The molecule has 166 valence electrons. The molecular weight excluding hydrogens is 388 g/mol. The van der Waals surface area contributed by atoms with Crippen LogP contribution in [0.1, 0.15) is 25.3 Å². The van der Waals surface area contributed by atoms with E-state index in [-0.39, 0.29) is 5.82 Å². The van der Waals surface area contributed by atoms with Gasteiger partial charge in [0.2, 0.25) is 0 Å². The summed E-state index contributed by atoms with van der Waals surface area (Å²) < 4.78 is 0. The number of allylic oxidation sites excluding steroid dienone is 1. The molecule has 2 fully saturated rings. The highest BCUT2D eigenvalue weighted by atomic mass is 15.3. The first-order valence-electron chi connectivity index (χ1n) is 10.7. The molecule has 31 heavy (non-hydrogen) atoms. The van der Waals surface area contributed by atoms with Crippen LogP contribution in [-0.2, 0) is 0 Å². The zero-order valence-corrected chi connectivity index (χ0v) is 18.6. The maximum atomic E-state index is 6.21. The first-order chi connectivity index (χ1) is 14.8. The van der Waals surface area contributed by atoms with Gasteiger partial charge in [0.05, 0.1) is 5.57 Å². The Morgan fingerprint density at radius 2 is 1.81 bits per heavy atom. The molecule has 3 heterocycles. The number of piperazine rings is 1. The van der Waals surface area contributed by atoms with Crippen LogP contribution in [0.3, 0.4) is 0 Å². The fourth-order valence-corrected chi connectivity index (χ4v) is 4.02. The van der Waals surface area contributed by atoms with Crippen LogP contribution >= 0.6 is 0 Å². The van der Waals surface area contributed by atoms with E-state index in [1.165, 1.54) is 25.9 Å². The minimum Gasteiger partial charge on any atom is -0.401 e. The predicted molar refractivity (Wildman–Crippen MR) is 127 cm³/mol. The molecule has 0 amide bonds. The van der Waals surface area contributed by atoms with Gasteiger partial charge >= 0.3 is 0 Å². The van der Waals surface area contributed by atoms with Crippen LogP contribution in [-0.4, -0.2) is 77.9 Å². The number of hydrogen-bond acceptors (Lipinski definition) is 7. The Morgan fingerprint density at radius 1 is 1.13 bits per heavy atom. The van der Waals surface area contributed by atoms with E-state index >= 15 is 0 Å². The summed E-state index contributed by atoms with van der Waals surface area (Å²) in [7, 11) is 2.20. The van der Waals surface area contributed by atoms with Gasteiger partial charge in [0.1, 0.15) is 17.5 Å². The van der Waals surface area contributed by atoms with E-state index in [9.17, 15) is 0 Å². The molecule has 8 nitrogen and oxygen atoms in total. The Bertz CT molecular complexity index is 886. The highest BCUT2D eigenvalue weighted by Crippen LogP contribution is 2.19. The van der Waals surface area contributed by atoms with Gasteiger partial charge in [-0.2, -0.15) is 0 Å². The average molecular weight is 423 g/mol. The molecular formula is C23H34N8. The fourth-order valence-electron chi connectivity index (χ4n) is 4.02. The molecule has 0 bridgehead atoms. The third kappa shape index (κ3) is 6.23. The molecule has 0 atom stereocenters. The molecule has 0 radical (unpaired) electrons. The number of pyridine rings is 1. The summed E-state index contributed by atoms with van der Waals surface area (Å²) in [5.41, 5.74) is 19.7. The van der Waals surface area contributed by atoms with Crippen molar-refractivity contribution in [1.82, 2.24) is 19.7 Å². The first-order valence-corrected chi connectivity index (χ1v) is 10.7. The maximum absolute atomic E-state index is 6.21. The Labute approximate surface area is 185 Å². The highest BCUT2D eigenvalue weighted by molar-refractivity contribution is 6.03. The molecule has 6 N–H and O–H groups in total. The van der Waals surface area contributed by atoms with Crippen molar-refractivity contribution in [3.8, 4) is 11.8 Å². The number of nitrogens with zero attached hydrogens (tertiary/aromatic N) is 5. The normalized spacial score (nSPS) is 20.1. The van der Waals surface area contributed by atoms with E-state index in [0.29, 0.717) is 29.0 Å². The standard InChI is InChI=1S/C23H34N8/c1-17(24)21(6-4-19-5-7-22(26)27-16-19)23(28-18(2)25)31-14-12-30(13-15-31)20-8-10-29(3)11-9-20/h5,7,16,20H,2,8-15,24-25H2,1,3H3,(H2,26,27)/b21-17-,28-23+. The van der Waals surface area contributed by atoms with Crippen molar-refractivity contribution in [2.45, 2.75) is 25.8 Å². The second kappa shape index (κ2) is 10.3. The summed E-state index contributed by atoms with van der Waals surface area (Å²) in [6.45, 7) is 11.6. The number of nitrogens with two attached hydrogens (primary N) is 3. The highest BCUT2D eigenvalue weighted by Gasteiger charge is 2.28. The molecule has 0 unspecified atom stereocenters. The summed E-state index contributed by atoms with van der Waals surface area (Å²) in [5, 5.41) is 0. The molecule has 0 saturated carbocycles. The Kier molecular flexibility index (Phi) is 7.55. The summed E-state index contributed by atoms with van der Waals surface area (Å²) in [4.78, 5) is 15.8. The first kappa shape index (κ1) is 22.7. The molecule has 3 rings (SSSR count). The number of aromatic nitrogens is 1. The zero-order valence-electron chi connectivity index (χ0n) is 18.6. The van der Waals surface area contributed by atoms with Crippen molar-refractivity contribution < 1.29 is 0 Å². The number of aliphatic imine (C=N–C) groups is 1. The van der Waals surface area contributed by atoms with Crippen LogP contribution in [0.15, 0.2) is 47.0 Å². The molecule has 1 aromatic heterocycles. The van der Waals surface area contributed by atoms with Gasteiger partial charge in [0.15, 0.2) is 0 Å². The third-order valence-electron chi connectivity index (χ3n) is 5.80. The van der Waals surface area contributed by atoms with E-state index in [0.717, 1.165) is 31.7 Å². The van der Waals surface area contributed by atoms with Gasteiger partial charge in [-0.05, 0) is 52.0 Å². The van der Waals surface area contributed by atoms with Crippen molar-refractivity contribution in [3.63, 3.8) is 0 Å². The number of amidine groups is 1. The number of likely N-dealkylation sites (tertiary alicyclic amines) is 1. The van der Waals surface area contributed by atoms with E-state index in [1.807, 2.05) is 13.0 Å². The molecule has 2 saturated heterocycles. The summed E-state index contributed by atoms with van der Waals surface area (Å²) in [6.07, 6.45) is 4.10. The molecule has 0 spiro atoms. The van der Waals surface area contributed by atoms with Crippen LogP contribution in [0, 0.1) is 11.8 Å². The smallest absolute Gasteiger partial charge is 0.148 e. The predicted octanol–water partition coefficient (Wildman–Crippen LogP) is 0.788. The van der Waals surface area contributed by atoms with Crippen LogP contribution in [0.25, 0.3) is 0 Å². The minimum absolute atomic E-state index is 0.238. The summed E-state index contributed by atoms with van der Waals surface area (Å²) >= 11 is 0. The van der Waals surface area contributed by atoms with E-state index in [2.05, 4.69) is 50.1 Å². The number of rotatable bonds is 3. The number of nitrogen functional groups attached to an aromatic ring is 1. The number of anilines is 1. The second-order valence-electron chi connectivity index (χ2n) is 8.26. The van der Waals surface area contributed by atoms with Crippen molar-refractivity contribution in [2.24, 2.45) is 16.5 Å². The van der Waals surface area contributed by atoms with Crippen LogP contribution in [0.5, 0.6) is 0 Å². The number of piperidine rings is 1. The lowest BCUT2D eigenvalue weighted by Gasteiger charge is -2.43. The summed E-state index contributed by atoms with van der Waals surface area (Å²) in [6, 6.07) is 4.21.